The summed E-state index contributed by atoms with van der Waals surface area (Å²) < 4.78 is 6.73. The number of rotatable bonds is 2. The third-order valence-electron chi connectivity index (χ3n) is 3.34. The van der Waals surface area contributed by atoms with Crippen LogP contribution in [-0.4, -0.2) is 30.2 Å². The van der Waals surface area contributed by atoms with Crippen LogP contribution in [0.1, 0.15) is 26.7 Å². The van der Waals surface area contributed by atoms with Gasteiger partial charge in [0.2, 0.25) is 0 Å². The van der Waals surface area contributed by atoms with Crippen molar-refractivity contribution >= 4 is 27.5 Å². The zero-order valence-corrected chi connectivity index (χ0v) is 12.7. The molecule has 17 heavy (non-hydrogen) atoms. The average Bonchev–Trinajstić information content (AvgIpc) is 2.23. The molecule has 2 aliphatic heterocycles. The number of halogens is 2. The standard InChI is InChI=1S/C13H19BrClNO/c1-13(2)8-10(5-7-17-13)9-16-6-3-4-11(14)12(16)15/h3-4,10H,5-9H2,1-2H3. The van der Waals surface area contributed by atoms with Crippen molar-refractivity contribution in [2.75, 3.05) is 19.7 Å². The Morgan fingerprint density at radius 2 is 2.35 bits per heavy atom. The van der Waals surface area contributed by atoms with Crippen LogP contribution in [0, 0.1) is 5.92 Å². The van der Waals surface area contributed by atoms with E-state index in [9.17, 15) is 0 Å². The molecular weight excluding hydrogens is 302 g/mol. The number of hydrogen-bond acceptors (Lipinski definition) is 2. The summed E-state index contributed by atoms with van der Waals surface area (Å²) in [6, 6.07) is 0. The highest BCUT2D eigenvalue weighted by Crippen LogP contribution is 2.32. The van der Waals surface area contributed by atoms with Gasteiger partial charge in [0.15, 0.2) is 0 Å². The van der Waals surface area contributed by atoms with Gasteiger partial charge in [0.1, 0.15) is 5.16 Å². The van der Waals surface area contributed by atoms with Crippen LogP contribution in [0.4, 0.5) is 0 Å². The molecule has 96 valence electrons. The first-order valence-electron chi connectivity index (χ1n) is 6.09. The summed E-state index contributed by atoms with van der Waals surface area (Å²) in [6.45, 7) is 7.13. The molecule has 0 aromatic heterocycles. The highest BCUT2D eigenvalue weighted by molar-refractivity contribution is 9.12. The quantitative estimate of drug-likeness (QED) is 0.716. The molecule has 2 nitrogen and oxygen atoms in total. The van der Waals surface area contributed by atoms with Crippen LogP contribution in [-0.2, 0) is 4.74 Å². The van der Waals surface area contributed by atoms with Crippen molar-refractivity contribution in [3.63, 3.8) is 0 Å². The van der Waals surface area contributed by atoms with Gasteiger partial charge in [-0.15, -0.1) is 0 Å². The Bertz CT molecular complexity index is 351. The third kappa shape index (κ3) is 3.49. The fourth-order valence-electron chi connectivity index (χ4n) is 2.56. The molecule has 0 saturated carbocycles. The molecule has 0 amide bonds. The van der Waals surface area contributed by atoms with E-state index in [-0.39, 0.29) is 5.60 Å². The molecule has 2 heterocycles. The van der Waals surface area contributed by atoms with E-state index in [1.165, 1.54) is 0 Å². The van der Waals surface area contributed by atoms with Crippen LogP contribution in [0.3, 0.4) is 0 Å². The Morgan fingerprint density at radius 3 is 3.06 bits per heavy atom. The lowest BCUT2D eigenvalue weighted by Gasteiger charge is -2.38. The van der Waals surface area contributed by atoms with Gasteiger partial charge in [-0.3, -0.25) is 0 Å². The summed E-state index contributed by atoms with van der Waals surface area (Å²) in [5, 5.41) is 0.830. The van der Waals surface area contributed by atoms with Crippen molar-refractivity contribution in [1.29, 1.82) is 0 Å². The smallest absolute Gasteiger partial charge is 0.119 e. The van der Waals surface area contributed by atoms with Gasteiger partial charge < -0.3 is 9.64 Å². The van der Waals surface area contributed by atoms with Crippen molar-refractivity contribution < 1.29 is 4.74 Å². The molecule has 0 bridgehead atoms. The largest absolute Gasteiger partial charge is 0.376 e. The van der Waals surface area contributed by atoms with Crippen LogP contribution in [0.5, 0.6) is 0 Å². The van der Waals surface area contributed by atoms with E-state index in [0.29, 0.717) is 5.92 Å². The minimum atomic E-state index is 0.0158. The topological polar surface area (TPSA) is 12.5 Å². The van der Waals surface area contributed by atoms with Crippen LogP contribution >= 0.6 is 27.5 Å². The zero-order chi connectivity index (χ0) is 12.5. The van der Waals surface area contributed by atoms with Gasteiger partial charge in [0, 0.05) is 19.7 Å². The zero-order valence-electron chi connectivity index (χ0n) is 10.4. The third-order valence-corrected chi connectivity index (χ3v) is 4.65. The fraction of sp³-hybridized carbons (Fsp3) is 0.692. The molecule has 1 atom stereocenters. The van der Waals surface area contributed by atoms with Gasteiger partial charge in [-0.1, -0.05) is 17.7 Å². The summed E-state index contributed by atoms with van der Waals surface area (Å²) in [4.78, 5) is 2.23. The summed E-state index contributed by atoms with van der Waals surface area (Å²) in [7, 11) is 0. The Kier molecular flexibility index (Phi) is 4.22. The Hall–Kier alpha value is 0.01000. The lowest BCUT2D eigenvalue weighted by molar-refractivity contribution is -0.0751. The number of ether oxygens (including phenoxy) is 1. The first-order valence-corrected chi connectivity index (χ1v) is 7.26. The minimum absolute atomic E-state index is 0.0158. The maximum absolute atomic E-state index is 6.30. The Morgan fingerprint density at radius 1 is 1.59 bits per heavy atom. The molecule has 0 spiro atoms. The van der Waals surface area contributed by atoms with E-state index < -0.39 is 0 Å². The monoisotopic (exact) mass is 319 g/mol. The van der Waals surface area contributed by atoms with Gasteiger partial charge in [-0.05, 0) is 54.6 Å². The lowest BCUT2D eigenvalue weighted by Crippen LogP contribution is -2.39. The molecule has 0 aromatic carbocycles. The summed E-state index contributed by atoms with van der Waals surface area (Å²) in [6.07, 6.45) is 6.40. The van der Waals surface area contributed by atoms with E-state index in [4.69, 9.17) is 16.3 Å². The lowest BCUT2D eigenvalue weighted by atomic mass is 9.88. The predicted molar refractivity (Wildman–Crippen MR) is 75.3 cm³/mol. The molecule has 1 saturated heterocycles. The first kappa shape index (κ1) is 13.4. The van der Waals surface area contributed by atoms with Crippen molar-refractivity contribution in [3.05, 3.63) is 21.8 Å². The van der Waals surface area contributed by atoms with E-state index in [1.807, 2.05) is 6.08 Å². The van der Waals surface area contributed by atoms with Crippen molar-refractivity contribution in [3.8, 4) is 0 Å². The Balaban J connectivity index is 1.96. The van der Waals surface area contributed by atoms with Gasteiger partial charge in [0.25, 0.3) is 0 Å². The summed E-state index contributed by atoms with van der Waals surface area (Å²) in [5.41, 5.74) is 0.0158. The second-order valence-electron chi connectivity index (χ2n) is 5.41. The molecule has 2 aliphatic rings. The average molecular weight is 321 g/mol. The molecule has 1 fully saturated rings. The van der Waals surface area contributed by atoms with E-state index in [1.54, 1.807) is 0 Å². The number of hydrogen-bond donors (Lipinski definition) is 0. The molecule has 0 N–H and O–H groups in total. The van der Waals surface area contributed by atoms with Crippen LogP contribution in [0.25, 0.3) is 0 Å². The van der Waals surface area contributed by atoms with Crippen LogP contribution < -0.4 is 0 Å². The van der Waals surface area contributed by atoms with Gasteiger partial charge in [0.05, 0.1) is 10.1 Å². The summed E-state index contributed by atoms with van der Waals surface area (Å²) >= 11 is 9.78. The van der Waals surface area contributed by atoms with Crippen molar-refractivity contribution in [2.24, 2.45) is 5.92 Å². The normalized spacial score (nSPS) is 28.7. The molecule has 2 rings (SSSR count). The number of nitrogens with zero attached hydrogens (tertiary/aromatic N) is 1. The van der Waals surface area contributed by atoms with Crippen molar-refractivity contribution in [1.82, 2.24) is 4.90 Å². The van der Waals surface area contributed by atoms with Gasteiger partial charge >= 0.3 is 0 Å². The van der Waals surface area contributed by atoms with Crippen molar-refractivity contribution in [2.45, 2.75) is 32.3 Å². The molecule has 4 heteroatoms. The van der Waals surface area contributed by atoms with E-state index in [2.05, 4.69) is 40.8 Å². The Labute approximate surface area is 117 Å². The maximum Gasteiger partial charge on any atom is 0.119 e. The highest BCUT2D eigenvalue weighted by atomic mass is 79.9. The molecule has 1 unspecified atom stereocenters. The second kappa shape index (κ2) is 5.33. The molecule has 0 radical (unpaired) electrons. The SMILES string of the molecule is CC1(C)CC(CN2CC=CC(Br)=C2Cl)CCO1. The fourth-order valence-corrected chi connectivity index (χ4v) is 3.20. The molecular formula is C13H19BrClNO. The predicted octanol–water partition coefficient (Wildman–Crippen LogP) is 3.87. The molecule has 0 aromatic rings. The minimum Gasteiger partial charge on any atom is -0.376 e. The van der Waals surface area contributed by atoms with Gasteiger partial charge in [-0.25, -0.2) is 0 Å². The molecule has 0 aliphatic carbocycles. The summed E-state index contributed by atoms with van der Waals surface area (Å²) in [5.74, 6) is 0.666. The maximum atomic E-state index is 6.30. The van der Waals surface area contributed by atoms with E-state index >= 15 is 0 Å². The second-order valence-corrected chi connectivity index (χ2v) is 6.63. The number of allylic oxidation sites excluding steroid dienone is 2. The van der Waals surface area contributed by atoms with Gasteiger partial charge in [-0.2, -0.15) is 0 Å². The first-order chi connectivity index (χ1) is 7.98. The van der Waals surface area contributed by atoms with Crippen LogP contribution in [0.15, 0.2) is 21.8 Å². The van der Waals surface area contributed by atoms with Crippen LogP contribution in [0.2, 0.25) is 0 Å². The highest BCUT2D eigenvalue weighted by Gasteiger charge is 2.30. The van der Waals surface area contributed by atoms with E-state index in [0.717, 1.165) is 42.2 Å².